The summed E-state index contributed by atoms with van der Waals surface area (Å²) in [6.07, 6.45) is 8.72. The second-order valence-electron chi connectivity index (χ2n) is 14.5. The Hall–Kier alpha value is -2.63. The standard InChI is InChI=1S/C37H48N4O5S/c1-41(2)27-5-3-26(4-6-27)39-40-36-38-34-8-7-28(22-35(34)47-36)45-15-13-43-11-9-42-10-12-44-14-16-46-37-23-25-18-30-29-17-24(20-32(30)37)21-33(37)31(29)19-25/h3-8,22,24-25,29-33H,9-21,23H2,1-2H3. The number of anilines is 1. The van der Waals surface area contributed by atoms with E-state index in [9.17, 15) is 0 Å². The van der Waals surface area contributed by atoms with Crippen molar-refractivity contribution in [1.29, 1.82) is 0 Å². The van der Waals surface area contributed by atoms with Crippen molar-refractivity contribution >= 4 is 38.1 Å². The SMILES string of the molecule is CN(C)c1ccc(N=Nc2nc3ccc(OCCOCCOCCOCCOC45CC6CC7C8CC(CC74)CC5C8C6)cc3s2)cc1. The van der Waals surface area contributed by atoms with Crippen LogP contribution in [0.3, 0.4) is 0 Å². The first-order valence-corrected chi connectivity index (χ1v) is 18.5. The van der Waals surface area contributed by atoms with Crippen LogP contribution in [0, 0.1) is 41.4 Å². The molecule has 3 aromatic rings. The van der Waals surface area contributed by atoms with Crippen LogP contribution in [0.15, 0.2) is 52.7 Å². The summed E-state index contributed by atoms with van der Waals surface area (Å²) in [6, 6.07) is 13.8. The van der Waals surface area contributed by atoms with Crippen molar-refractivity contribution < 1.29 is 23.7 Å². The fourth-order valence-corrected chi connectivity index (χ4v) is 11.0. The monoisotopic (exact) mass is 660 g/mol. The number of azo groups is 1. The molecule has 4 unspecified atom stereocenters. The van der Waals surface area contributed by atoms with Crippen molar-refractivity contribution in [3.05, 3.63) is 42.5 Å². The molecule has 252 valence electrons. The van der Waals surface area contributed by atoms with Crippen LogP contribution >= 0.6 is 11.3 Å². The first-order valence-electron chi connectivity index (χ1n) is 17.7. The van der Waals surface area contributed by atoms with Crippen molar-refractivity contribution in [3.63, 3.8) is 0 Å². The van der Waals surface area contributed by atoms with E-state index >= 15 is 0 Å². The van der Waals surface area contributed by atoms with Gasteiger partial charge in [-0.2, -0.15) is 0 Å². The number of rotatable bonds is 17. The van der Waals surface area contributed by atoms with Gasteiger partial charge in [-0.25, -0.2) is 4.98 Å². The number of ether oxygens (including phenoxy) is 5. The molecule has 0 saturated heterocycles. The summed E-state index contributed by atoms with van der Waals surface area (Å²) < 4.78 is 31.1. The fraction of sp³-hybridized carbons (Fsp3) is 0.649. The topological polar surface area (TPSA) is 87.0 Å². The fourth-order valence-electron chi connectivity index (χ4n) is 10.1. The number of hydrogen-bond acceptors (Lipinski definition) is 10. The zero-order valence-corrected chi connectivity index (χ0v) is 28.5. The molecule has 7 aliphatic carbocycles. The van der Waals surface area contributed by atoms with E-state index in [4.69, 9.17) is 23.7 Å². The zero-order valence-electron chi connectivity index (χ0n) is 27.7. The summed E-state index contributed by atoms with van der Waals surface area (Å²) in [5.41, 5.74) is 2.98. The molecule has 0 N–H and O–H groups in total. The van der Waals surface area contributed by atoms with E-state index in [2.05, 4.69) is 20.1 Å². The van der Waals surface area contributed by atoms with Crippen molar-refractivity contribution in [3.8, 4) is 5.75 Å². The first kappa shape index (κ1) is 31.6. The predicted octanol–water partition coefficient (Wildman–Crippen LogP) is 7.68. The molecule has 1 heterocycles. The van der Waals surface area contributed by atoms with Gasteiger partial charge in [-0.1, -0.05) is 11.3 Å². The van der Waals surface area contributed by atoms with Gasteiger partial charge >= 0.3 is 0 Å². The summed E-state index contributed by atoms with van der Waals surface area (Å²) in [5.74, 6) is 7.34. The molecule has 1 aromatic heterocycles. The van der Waals surface area contributed by atoms with Gasteiger partial charge in [0, 0.05) is 19.8 Å². The minimum Gasteiger partial charge on any atom is -0.491 e. The van der Waals surface area contributed by atoms with Crippen molar-refractivity contribution in [2.24, 2.45) is 51.7 Å². The molecule has 0 amide bonds. The van der Waals surface area contributed by atoms with Gasteiger partial charge in [-0.15, -0.1) is 10.2 Å². The van der Waals surface area contributed by atoms with E-state index in [0.717, 1.165) is 75.4 Å². The van der Waals surface area contributed by atoms with Crippen LogP contribution in [0.1, 0.15) is 38.5 Å². The number of thiazole rings is 1. The van der Waals surface area contributed by atoms with E-state index < -0.39 is 0 Å². The molecule has 47 heavy (non-hydrogen) atoms. The van der Waals surface area contributed by atoms with Crippen LogP contribution in [0.25, 0.3) is 10.2 Å². The highest BCUT2D eigenvalue weighted by atomic mass is 32.1. The highest BCUT2D eigenvalue weighted by Crippen LogP contribution is 2.73. The smallest absolute Gasteiger partial charge is 0.231 e. The highest BCUT2D eigenvalue weighted by molar-refractivity contribution is 7.21. The molecule has 0 radical (unpaired) electrons. The Balaban J connectivity index is 0.675. The summed E-state index contributed by atoms with van der Waals surface area (Å²) in [7, 11) is 4.03. The van der Waals surface area contributed by atoms with E-state index in [1.807, 2.05) is 56.6 Å². The second kappa shape index (κ2) is 13.7. The van der Waals surface area contributed by atoms with Gasteiger partial charge in [0.05, 0.1) is 67.8 Å². The Kier molecular flexibility index (Phi) is 9.22. The number of fused-ring (bicyclic) bond motifs is 1. The number of aromatic nitrogens is 1. The van der Waals surface area contributed by atoms with Crippen LogP contribution in [0.2, 0.25) is 0 Å². The molecule has 7 saturated carbocycles. The van der Waals surface area contributed by atoms with E-state index in [0.29, 0.717) is 51.4 Å². The lowest BCUT2D eigenvalue weighted by atomic mass is 9.34. The maximum atomic E-state index is 6.84. The molecule has 2 aromatic carbocycles. The molecule has 0 aliphatic heterocycles. The summed E-state index contributed by atoms with van der Waals surface area (Å²) in [6.45, 7) is 4.60. The summed E-state index contributed by atoms with van der Waals surface area (Å²) >= 11 is 1.49. The molecular weight excluding hydrogens is 612 g/mol. The Morgan fingerprint density at radius 3 is 2.11 bits per heavy atom. The minimum absolute atomic E-state index is 0.190. The van der Waals surface area contributed by atoms with Gasteiger partial charge in [0.15, 0.2) is 0 Å². The Labute approximate surface area is 282 Å². The molecule has 7 fully saturated rings. The van der Waals surface area contributed by atoms with Crippen molar-refractivity contribution in [2.45, 2.75) is 44.1 Å². The molecule has 10 heteroatoms. The van der Waals surface area contributed by atoms with E-state index in [-0.39, 0.29) is 5.60 Å². The number of hydrogen-bond donors (Lipinski definition) is 0. The van der Waals surface area contributed by atoms with E-state index in [1.165, 1.54) is 49.9 Å². The second-order valence-corrected chi connectivity index (χ2v) is 15.6. The lowest BCUT2D eigenvalue weighted by Gasteiger charge is -2.73. The van der Waals surface area contributed by atoms with Gasteiger partial charge in [0.1, 0.15) is 12.4 Å². The predicted molar refractivity (Wildman–Crippen MR) is 183 cm³/mol. The lowest BCUT2D eigenvalue weighted by molar-refractivity contribution is -0.306. The average molecular weight is 661 g/mol. The Morgan fingerprint density at radius 1 is 0.745 bits per heavy atom. The molecule has 7 aliphatic rings. The van der Waals surface area contributed by atoms with Gasteiger partial charge < -0.3 is 28.6 Å². The van der Waals surface area contributed by atoms with Gasteiger partial charge in [-0.05, 0) is 122 Å². The van der Waals surface area contributed by atoms with Crippen LogP contribution in [-0.2, 0) is 18.9 Å². The summed E-state index contributed by atoms with van der Waals surface area (Å²) in [5, 5.41) is 9.28. The van der Waals surface area contributed by atoms with Gasteiger partial charge in [0.25, 0.3) is 0 Å². The van der Waals surface area contributed by atoms with Crippen molar-refractivity contribution in [1.82, 2.24) is 4.98 Å². The van der Waals surface area contributed by atoms with Crippen molar-refractivity contribution in [2.75, 3.05) is 71.9 Å². The normalized spacial score (nSPS) is 31.5. The zero-order chi connectivity index (χ0) is 31.8. The maximum Gasteiger partial charge on any atom is 0.231 e. The van der Waals surface area contributed by atoms with Crippen LogP contribution in [0.4, 0.5) is 16.5 Å². The molecule has 10 rings (SSSR count). The lowest BCUT2D eigenvalue weighted by Crippen LogP contribution is -2.72. The first-order chi connectivity index (χ1) is 23.1. The van der Waals surface area contributed by atoms with E-state index in [1.54, 1.807) is 0 Å². The third-order valence-corrected chi connectivity index (χ3v) is 12.7. The molecule has 4 atom stereocenters. The quantitative estimate of drug-likeness (QED) is 0.108. The third kappa shape index (κ3) is 6.44. The Bertz CT molecular complexity index is 1520. The number of nitrogens with zero attached hydrogens (tertiary/aromatic N) is 4. The molecule has 9 nitrogen and oxygen atoms in total. The van der Waals surface area contributed by atoms with Gasteiger partial charge in [-0.3, -0.25) is 0 Å². The van der Waals surface area contributed by atoms with Crippen LogP contribution in [-0.4, -0.2) is 77.5 Å². The molecule has 8 bridgehead atoms. The van der Waals surface area contributed by atoms with Crippen LogP contribution < -0.4 is 9.64 Å². The van der Waals surface area contributed by atoms with Crippen LogP contribution in [0.5, 0.6) is 5.75 Å². The number of benzene rings is 2. The summed E-state index contributed by atoms with van der Waals surface area (Å²) in [4.78, 5) is 6.62. The van der Waals surface area contributed by atoms with Gasteiger partial charge in [0.2, 0.25) is 5.13 Å². The molecule has 0 spiro atoms. The average Bonchev–Trinajstić information content (AvgIpc) is 3.50. The largest absolute Gasteiger partial charge is 0.491 e. The highest BCUT2D eigenvalue weighted by Gasteiger charge is 2.70. The maximum absolute atomic E-state index is 6.84. The minimum atomic E-state index is 0.190. The Morgan fingerprint density at radius 2 is 1.40 bits per heavy atom. The third-order valence-electron chi connectivity index (χ3n) is 11.8. The molecular formula is C37H48N4O5S.